The Morgan fingerprint density at radius 3 is 3.00 bits per heavy atom. The lowest BCUT2D eigenvalue weighted by Crippen LogP contribution is -2.43. The maximum absolute atomic E-state index is 12.0. The van der Waals surface area contributed by atoms with Crippen LogP contribution in [0.25, 0.3) is 0 Å². The lowest BCUT2D eigenvalue weighted by Gasteiger charge is -2.26. The molecule has 0 atom stereocenters. The van der Waals surface area contributed by atoms with Gasteiger partial charge in [-0.05, 0) is 12.1 Å². The molecule has 1 aromatic carbocycles. The number of carbonyl (C=O) groups excluding carboxylic acids is 1. The Bertz CT molecular complexity index is 478. The summed E-state index contributed by atoms with van der Waals surface area (Å²) in [5, 5.41) is 11.2. The molecule has 0 unspecified atom stereocenters. The SMILES string of the molecule is N#CCOc1cccc(NC(=O)N2CCOCC2)c1. The predicted octanol–water partition coefficient (Wildman–Crippen LogP) is 1.45. The van der Waals surface area contributed by atoms with Crippen molar-refractivity contribution in [1.82, 2.24) is 4.90 Å². The lowest BCUT2D eigenvalue weighted by molar-refractivity contribution is 0.0564. The Balaban J connectivity index is 1.94. The Hall–Kier alpha value is -2.26. The molecule has 2 amide bonds. The van der Waals surface area contributed by atoms with Crippen LogP contribution in [0.3, 0.4) is 0 Å². The van der Waals surface area contributed by atoms with Crippen molar-refractivity contribution in [2.24, 2.45) is 0 Å². The molecule has 1 aliphatic heterocycles. The number of ether oxygens (including phenoxy) is 2. The molecule has 1 saturated heterocycles. The zero-order valence-electron chi connectivity index (χ0n) is 10.5. The summed E-state index contributed by atoms with van der Waals surface area (Å²) < 4.78 is 10.4. The summed E-state index contributed by atoms with van der Waals surface area (Å²) in [5.74, 6) is 0.557. The number of nitrogens with zero attached hydrogens (tertiary/aromatic N) is 2. The molecule has 1 aliphatic rings. The summed E-state index contributed by atoms with van der Waals surface area (Å²) in [7, 11) is 0. The third-order valence-corrected chi connectivity index (χ3v) is 2.69. The topological polar surface area (TPSA) is 74.6 Å². The number of nitrogens with one attached hydrogen (secondary N) is 1. The molecule has 1 heterocycles. The van der Waals surface area contributed by atoms with E-state index in [1.54, 1.807) is 29.2 Å². The van der Waals surface area contributed by atoms with E-state index < -0.39 is 0 Å². The lowest BCUT2D eigenvalue weighted by atomic mass is 10.3. The fourth-order valence-corrected chi connectivity index (χ4v) is 1.75. The second-order valence-corrected chi connectivity index (χ2v) is 4.00. The number of nitriles is 1. The van der Waals surface area contributed by atoms with Crippen LogP contribution in [-0.4, -0.2) is 43.8 Å². The Morgan fingerprint density at radius 2 is 2.26 bits per heavy atom. The van der Waals surface area contributed by atoms with Gasteiger partial charge in [0, 0.05) is 24.8 Å². The second kappa shape index (κ2) is 6.61. The van der Waals surface area contributed by atoms with Crippen LogP contribution in [-0.2, 0) is 4.74 Å². The van der Waals surface area contributed by atoms with Crippen LogP contribution < -0.4 is 10.1 Å². The summed E-state index contributed by atoms with van der Waals surface area (Å²) in [6, 6.07) is 8.71. The molecule has 1 aromatic rings. The first-order chi connectivity index (χ1) is 9.29. The van der Waals surface area contributed by atoms with E-state index in [1.807, 2.05) is 6.07 Å². The molecule has 0 radical (unpaired) electrons. The number of morpholine rings is 1. The number of urea groups is 1. The minimum atomic E-state index is -0.152. The fraction of sp³-hybridized carbons (Fsp3) is 0.385. The number of hydrogen-bond donors (Lipinski definition) is 1. The average molecular weight is 261 g/mol. The van der Waals surface area contributed by atoms with Gasteiger partial charge in [-0.15, -0.1) is 0 Å². The van der Waals surface area contributed by atoms with E-state index in [1.165, 1.54) is 0 Å². The molecule has 100 valence electrons. The minimum Gasteiger partial charge on any atom is -0.479 e. The smallest absolute Gasteiger partial charge is 0.322 e. The predicted molar refractivity (Wildman–Crippen MR) is 69.0 cm³/mol. The van der Waals surface area contributed by atoms with Crippen LogP contribution in [0.15, 0.2) is 24.3 Å². The normalized spacial score (nSPS) is 14.6. The molecule has 6 heteroatoms. The number of benzene rings is 1. The number of anilines is 1. The van der Waals surface area contributed by atoms with Crippen molar-refractivity contribution in [3.63, 3.8) is 0 Å². The van der Waals surface area contributed by atoms with Gasteiger partial charge in [-0.3, -0.25) is 0 Å². The summed E-state index contributed by atoms with van der Waals surface area (Å²) in [6.07, 6.45) is 0. The van der Waals surface area contributed by atoms with E-state index in [2.05, 4.69) is 5.32 Å². The van der Waals surface area contributed by atoms with E-state index in [-0.39, 0.29) is 12.6 Å². The average Bonchev–Trinajstić information content (AvgIpc) is 2.46. The molecule has 2 rings (SSSR count). The van der Waals surface area contributed by atoms with Crippen molar-refractivity contribution in [2.75, 3.05) is 38.2 Å². The van der Waals surface area contributed by atoms with Crippen LogP contribution in [0, 0.1) is 11.3 Å². The molecule has 0 aliphatic carbocycles. The highest BCUT2D eigenvalue weighted by Gasteiger charge is 2.16. The highest BCUT2D eigenvalue weighted by Crippen LogP contribution is 2.17. The zero-order chi connectivity index (χ0) is 13.5. The van der Waals surface area contributed by atoms with Crippen molar-refractivity contribution >= 4 is 11.7 Å². The summed E-state index contributed by atoms with van der Waals surface area (Å²) in [5.41, 5.74) is 0.645. The van der Waals surface area contributed by atoms with Crippen LogP contribution in [0.1, 0.15) is 0 Å². The maximum Gasteiger partial charge on any atom is 0.322 e. The molecule has 0 spiro atoms. The van der Waals surface area contributed by atoms with Crippen LogP contribution in [0.2, 0.25) is 0 Å². The molecular formula is C13H15N3O3. The van der Waals surface area contributed by atoms with Gasteiger partial charge in [0.15, 0.2) is 6.61 Å². The van der Waals surface area contributed by atoms with Gasteiger partial charge in [-0.25, -0.2) is 4.79 Å². The highest BCUT2D eigenvalue weighted by molar-refractivity contribution is 5.89. The molecule has 0 aromatic heterocycles. The van der Waals surface area contributed by atoms with Crippen molar-refractivity contribution in [1.29, 1.82) is 5.26 Å². The molecule has 1 N–H and O–H groups in total. The maximum atomic E-state index is 12.0. The van der Waals surface area contributed by atoms with Gasteiger partial charge in [0.1, 0.15) is 11.8 Å². The Kier molecular flexibility index (Phi) is 4.59. The number of hydrogen-bond acceptors (Lipinski definition) is 4. The van der Waals surface area contributed by atoms with E-state index in [0.29, 0.717) is 37.7 Å². The van der Waals surface area contributed by atoms with Crippen molar-refractivity contribution in [3.05, 3.63) is 24.3 Å². The quantitative estimate of drug-likeness (QED) is 0.893. The van der Waals surface area contributed by atoms with Gasteiger partial charge in [-0.1, -0.05) is 6.07 Å². The summed E-state index contributed by atoms with van der Waals surface area (Å²) >= 11 is 0. The minimum absolute atomic E-state index is 0.0130. The number of rotatable bonds is 3. The molecule has 0 bridgehead atoms. The van der Waals surface area contributed by atoms with Crippen LogP contribution in [0.5, 0.6) is 5.75 Å². The third kappa shape index (κ3) is 3.86. The monoisotopic (exact) mass is 261 g/mol. The first-order valence-electron chi connectivity index (χ1n) is 6.03. The summed E-state index contributed by atoms with van der Waals surface area (Å²) in [4.78, 5) is 13.7. The number of amides is 2. The highest BCUT2D eigenvalue weighted by atomic mass is 16.5. The Morgan fingerprint density at radius 1 is 1.47 bits per heavy atom. The standard InChI is InChI=1S/C13H15N3O3/c14-4-7-19-12-3-1-2-11(10-12)15-13(17)16-5-8-18-9-6-16/h1-3,10H,5-9H2,(H,15,17). The molecular weight excluding hydrogens is 246 g/mol. The Labute approximate surface area is 111 Å². The van der Waals surface area contributed by atoms with Crippen LogP contribution in [0.4, 0.5) is 10.5 Å². The van der Waals surface area contributed by atoms with Crippen LogP contribution >= 0.6 is 0 Å². The van der Waals surface area contributed by atoms with E-state index in [4.69, 9.17) is 14.7 Å². The van der Waals surface area contributed by atoms with Gasteiger partial charge >= 0.3 is 6.03 Å². The van der Waals surface area contributed by atoms with E-state index in [0.717, 1.165) is 0 Å². The number of carbonyl (C=O) groups is 1. The zero-order valence-corrected chi connectivity index (χ0v) is 10.5. The molecule has 0 saturated carbocycles. The van der Waals surface area contributed by atoms with Crippen molar-refractivity contribution < 1.29 is 14.3 Å². The van der Waals surface area contributed by atoms with Crippen molar-refractivity contribution in [3.8, 4) is 11.8 Å². The molecule has 1 fully saturated rings. The van der Waals surface area contributed by atoms with Gasteiger partial charge in [0.05, 0.1) is 13.2 Å². The van der Waals surface area contributed by atoms with Crippen molar-refractivity contribution in [2.45, 2.75) is 0 Å². The van der Waals surface area contributed by atoms with E-state index in [9.17, 15) is 4.79 Å². The molecule has 6 nitrogen and oxygen atoms in total. The van der Waals surface area contributed by atoms with Gasteiger partial charge in [-0.2, -0.15) is 5.26 Å². The summed E-state index contributed by atoms with van der Waals surface area (Å²) in [6.45, 7) is 2.31. The largest absolute Gasteiger partial charge is 0.479 e. The first kappa shape index (κ1) is 13.2. The van der Waals surface area contributed by atoms with Gasteiger partial charge < -0.3 is 19.7 Å². The first-order valence-corrected chi connectivity index (χ1v) is 6.03. The third-order valence-electron chi connectivity index (χ3n) is 2.69. The van der Waals surface area contributed by atoms with E-state index >= 15 is 0 Å². The second-order valence-electron chi connectivity index (χ2n) is 4.00. The fourth-order valence-electron chi connectivity index (χ4n) is 1.75. The van der Waals surface area contributed by atoms with Gasteiger partial charge in [0.25, 0.3) is 0 Å². The van der Waals surface area contributed by atoms with Gasteiger partial charge in [0.2, 0.25) is 0 Å². The molecule has 19 heavy (non-hydrogen) atoms.